The van der Waals surface area contributed by atoms with Crippen molar-refractivity contribution in [3.63, 3.8) is 0 Å². The van der Waals surface area contributed by atoms with Crippen LogP contribution in [0.25, 0.3) is 11.5 Å². The molecule has 0 bridgehead atoms. The number of rotatable bonds is 7. The Morgan fingerprint density at radius 2 is 2.04 bits per heavy atom. The number of thiazole rings is 1. The van der Waals surface area contributed by atoms with Crippen LogP contribution in [0, 0.1) is 0 Å². The number of nitrogen functional groups attached to an aromatic ring is 1. The van der Waals surface area contributed by atoms with Crippen molar-refractivity contribution < 1.29 is 18.4 Å². The van der Waals surface area contributed by atoms with Crippen molar-refractivity contribution >= 4 is 29.4 Å². The lowest BCUT2D eigenvalue weighted by Gasteiger charge is -2.20. The van der Waals surface area contributed by atoms with Gasteiger partial charge in [0, 0.05) is 4.88 Å². The Morgan fingerprint density at radius 1 is 1.31 bits per heavy atom. The molecule has 2 aromatic heterocycles. The van der Waals surface area contributed by atoms with Gasteiger partial charge in [-0.2, -0.15) is 0 Å². The third-order valence-corrected chi connectivity index (χ3v) is 6.54. The average molecular weight is 392 g/mol. The standard InChI is InChI=1S/C18H21N2O4PS/c1-3-13(12-8-6-5-7-9-12)24-25(21,22)14-10-11-23-17(14)16-15(4-2)26-18(19)20-16/h5-11,13H,3-4H2,1-2H3,(H2,19,20)(H,21,22). The van der Waals surface area contributed by atoms with Crippen LogP contribution in [0.3, 0.4) is 0 Å². The highest BCUT2D eigenvalue weighted by molar-refractivity contribution is 7.61. The van der Waals surface area contributed by atoms with E-state index in [-0.39, 0.29) is 11.1 Å². The van der Waals surface area contributed by atoms with Gasteiger partial charge in [-0.15, -0.1) is 11.3 Å². The van der Waals surface area contributed by atoms with E-state index in [0.717, 1.165) is 10.4 Å². The second-order valence-corrected chi connectivity index (χ2v) is 8.59. The van der Waals surface area contributed by atoms with Gasteiger partial charge in [-0.3, -0.25) is 9.09 Å². The Bertz CT molecular complexity index is 922. The molecule has 2 heterocycles. The molecule has 2 unspecified atom stereocenters. The molecular formula is C18H21N2O4PS. The predicted molar refractivity (Wildman–Crippen MR) is 104 cm³/mol. The molecule has 0 radical (unpaired) electrons. The Labute approximate surface area is 156 Å². The minimum Gasteiger partial charge on any atom is -0.462 e. The first kappa shape index (κ1) is 18.9. The molecule has 0 fully saturated rings. The Morgan fingerprint density at radius 3 is 2.69 bits per heavy atom. The molecule has 8 heteroatoms. The SMILES string of the molecule is CCc1sc(N)nc1-c1occc1P(=O)(O)OC(CC)c1ccccc1. The van der Waals surface area contributed by atoms with Crippen LogP contribution in [0.4, 0.5) is 5.13 Å². The predicted octanol–water partition coefficient (Wildman–Crippen LogP) is 4.53. The summed E-state index contributed by atoms with van der Waals surface area (Å²) in [7, 11) is -4.13. The van der Waals surface area contributed by atoms with E-state index in [0.29, 0.717) is 23.7 Å². The number of furan rings is 1. The lowest BCUT2D eigenvalue weighted by Crippen LogP contribution is -2.11. The summed E-state index contributed by atoms with van der Waals surface area (Å²) in [5.41, 5.74) is 7.15. The fourth-order valence-corrected chi connectivity index (χ4v) is 4.92. The number of aromatic nitrogens is 1. The largest absolute Gasteiger partial charge is 0.462 e. The van der Waals surface area contributed by atoms with Gasteiger partial charge in [-0.25, -0.2) is 4.98 Å². The van der Waals surface area contributed by atoms with Gasteiger partial charge in [0.05, 0.1) is 12.4 Å². The van der Waals surface area contributed by atoms with Crippen LogP contribution in [-0.4, -0.2) is 9.88 Å². The van der Waals surface area contributed by atoms with Crippen molar-refractivity contribution in [2.24, 2.45) is 0 Å². The zero-order chi connectivity index (χ0) is 18.7. The topological polar surface area (TPSA) is 98.6 Å². The molecule has 6 nitrogen and oxygen atoms in total. The summed E-state index contributed by atoms with van der Waals surface area (Å²) in [5.74, 6) is 0.239. The van der Waals surface area contributed by atoms with Crippen molar-refractivity contribution in [2.45, 2.75) is 32.8 Å². The zero-order valence-corrected chi connectivity index (χ0v) is 16.3. The van der Waals surface area contributed by atoms with Crippen molar-refractivity contribution in [1.29, 1.82) is 0 Å². The van der Waals surface area contributed by atoms with E-state index in [1.54, 1.807) is 0 Å². The molecule has 138 valence electrons. The molecule has 2 atom stereocenters. The number of hydrogen-bond acceptors (Lipinski definition) is 6. The van der Waals surface area contributed by atoms with Crippen LogP contribution in [0.1, 0.15) is 36.8 Å². The second kappa shape index (κ2) is 7.76. The third kappa shape index (κ3) is 3.76. The number of anilines is 1. The van der Waals surface area contributed by atoms with Crippen LogP contribution in [0.5, 0.6) is 0 Å². The average Bonchev–Trinajstić information content (AvgIpc) is 3.26. The lowest BCUT2D eigenvalue weighted by atomic mass is 10.1. The molecule has 0 saturated carbocycles. The maximum Gasteiger partial charge on any atom is 0.363 e. The summed E-state index contributed by atoms with van der Waals surface area (Å²) in [6, 6.07) is 10.9. The Kier molecular flexibility index (Phi) is 5.63. The van der Waals surface area contributed by atoms with Crippen LogP contribution >= 0.6 is 18.9 Å². The summed E-state index contributed by atoms with van der Waals surface area (Å²) < 4.78 is 24.2. The first-order valence-electron chi connectivity index (χ1n) is 8.36. The minimum absolute atomic E-state index is 0.104. The van der Waals surface area contributed by atoms with Crippen molar-refractivity contribution in [3.8, 4) is 11.5 Å². The summed E-state index contributed by atoms with van der Waals surface area (Å²) in [6.07, 6.45) is 2.13. The molecule has 1 aromatic carbocycles. The quantitative estimate of drug-likeness (QED) is 0.573. The highest BCUT2D eigenvalue weighted by Crippen LogP contribution is 2.49. The van der Waals surface area contributed by atoms with E-state index in [2.05, 4.69) is 4.98 Å². The van der Waals surface area contributed by atoms with Gasteiger partial charge in [0.15, 0.2) is 10.9 Å². The van der Waals surface area contributed by atoms with Gasteiger partial charge < -0.3 is 15.0 Å². The number of benzene rings is 1. The summed E-state index contributed by atoms with van der Waals surface area (Å²) in [6.45, 7) is 3.88. The van der Waals surface area contributed by atoms with Gasteiger partial charge in [-0.1, -0.05) is 44.2 Å². The Balaban J connectivity index is 1.96. The fraction of sp³-hybridized carbons (Fsp3) is 0.278. The molecule has 0 saturated heterocycles. The molecule has 0 aliphatic rings. The molecule has 3 rings (SSSR count). The first-order valence-corrected chi connectivity index (χ1v) is 10.7. The van der Waals surface area contributed by atoms with E-state index in [4.69, 9.17) is 14.7 Å². The first-order chi connectivity index (χ1) is 12.5. The fourth-order valence-electron chi connectivity index (χ4n) is 2.76. The summed E-state index contributed by atoms with van der Waals surface area (Å²) in [4.78, 5) is 15.8. The van der Waals surface area contributed by atoms with Gasteiger partial charge in [0.25, 0.3) is 0 Å². The van der Waals surface area contributed by atoms with E-state index >= 15 is 0 Å². The second-order valence-electron chi connectivity index (χ2n) is 5.75. The highest BCUT2D eigenvalue weighted by atomic mass is 32.1. The third-order valence-electron chi connectivity index (χ3n) is 4.01. The van der Waals surface area contributed by atoms with E-state index < -0.39 is 13.7 Å². The van der Waals surface area contributed by atoms with E-state index in [9.17, 15) is 9.46 Å². The summed E-state index contributed by atoms with van der Waals surface area (Å²) in [5, 5.41) is 0.496. The minimum atomic E-state index is -4.13. The van der Waals surface area contributed by atoms with Crippen LogP contribution in [-0.2, 0) is 15.5 Å². The molecule has 3 aromatic rings. The number of aryl methyl sites for hydroxylation is 1. The van der Waals surface area contributed by atoms with Crippen molar-refractivity contribution in [3.05, 3.63) is 53.1 Å². The summed E-state index contributed by atoms with van der Waals surface area (Å²) >= 11 is 1.34. The number of nitrogens with zero attached hydrogens (tertiary/aromatic N) is 1. The molecular weight excluding hydrogens is 371 g/mol. The van der Waals surface area contributed by atoms with Crippen LogP contribution < -0.4 is 11.0 Å². The maximum atomic E-state index is 13.0. The lowest BCUT2D eigenvalue weighted by molar-refractivity contribution is 0.178. The Hall–Kier alpha value is -1.92. The zero-order valence-electron chi connectivity index (χ0n) is 14.6. The monoisotopic (exact) mass is 392 g/mol. The van der Waals surface area contributed by atoms with Crippen LogP contribution in [0.2, 0.25) is 0 Å². The van der Waals surface area contributed by atoms with Gasteiger partial charge in [0.1, 0.15) is 11.0 Å². The maximum absolute atomic E-state index is 13.0. The van der Waals surface area contributed by atoms with Crippen molar-refractivity contribution in [1.82, 2.24) is 4.98 Å². The van der Waals surface area contributed by atoms with E-state index in [1.807, 2.05) is 44.2 Å². The molecule has 0 aliphatic carbocycles. The molecule has 0 spiro atoms. The molecule has 0 amide bonds. The normalized spacial score (nSPS) is 14.9. The van der Waals surface area contributed by atoms with Crippen LogP contribution in [0.15, 0.2) is 47.1 Å². The highest BCUT2D eigenvalue weighted by Gasteiger charge is 2.34. The van der Waals surface area contributed by atoms with Gasteiger partial charge in [-0.05, 0) is 24.5 Å². The number of nitrogens with two attached hydrogens (primary N) is 1. The smallest absolute Gasteiger partial charge is 0.363 e. The van der Waals surface area contributed by atoms with Gasteiger partial charge >= 0.3 is 7.60 Å². The van der Waals surface area contributed by atoms with Gasteiger partial charge in [0.2, 0.25) is 0 Å². The van der Waals surface area contributed by atoms with Crippen molar-refractivity contribution in [2.75, 3.05) is 5.73 Å². The molecule has 0 aliphatic heterocycles. The number of hydrogen-bond donors (Lipinski definition) is 2. The molecule has 3 N–H and O–H groups in total. The van der Waals surface area contributed by atoms with E-state index in [1.165, 1.54) is 23.7 Å². The molecule has 26 heavy (non-hydrogen) atoms.